The maximum absolute atomic E-state index is 2.59. The fourth-order valence-electron chi connectivity index (χ4n) is 8.74. The van der Waals surface area contributed by atoms with Gasteiger partial charge >= 0.3 is 366 Å². The van der Waals surface area contributed by atoms with Crippen molar-refractivity contribution in [1.82, 2.24) is 18.3 Å². The van der Waals surface area contributed by atoms with Gasteiger partial charge in [-0.25, -0.2) is 0 Å². The summed E-state index contributed by atoms with van der Waals surface area (Å²) in [7, 11) is 0. The molecule has 0 aliphatic heterocycles. The third-order valence-corrected chi connectivity index (χ3v) is 14.1. The van der Waals surface area contributed by atoms with Crippen LogP contribution in [0.15, 0.2) is 97.6 Å². The summed E-state index contributed by atoms with van der Waals surface area (Å²) in [5.74, 6) is 2.88. The van der Waals surface area contributed by atoms with E-state index in [9.17, 15) is 0 Å². The van der Waals surface area contributed by atoms with Gasteiger partial charge in [0.2, 0.25) is 0 Å². The standard InChI is InChI=1S/2C27H36N2.Pd/c2*1-18(2)22-11-9-12-23(19(3)4)26(22)28-15-16-29(17-28)27-24(20(5)6)13-10-14-25(27)21(7)8;/h2*9-16,18-21H,1-8H3;. The van der Waals surface area contributed by atoms with E-state index in [0.717, 1.165) is 0 Å². The summed E-state index contributed by atoms with van der Waals surface area (Å²) in [6, 6.07) is 28.0. The van der Waals surface area contributed by atoms with E-state index in [0.29, 0.717) is 47.3 Å². The van der Waals surface area contributed by atoms with Crippen molar-refractivity contribution < 1.29 is 17.1 Å². The molecule has 0 bridgehead atoms. The number of nitrogens with zero attached hydrogens (tertiary/aromatic N) is 4. The van der Waals surface area contributed by atoms with Crippen LogP contribution in [0.4, 0.5) is 0 Å². The molecular formula is C54H72N4Pd. The molecule has 0 saturated carbocycles. The van der Waals surface area contributed by atoms with E-state index in [1.165, 1.54) is 75.0 Å². The second-order valence-corrected chi connectivity index (χ2v) is 20.8. The van der Waals surface area contributed by atoms with Crippen LogP contribution in [-0.2, 0) is 17.1 Å². The summed E-state index contributed by atoms with van der Waals surface area (Å²) in [4.78, 5) is 0. The maximum atomic E-state index is 2.59. The number of benzene rings is 4. The number of hydrogen-bond donors (Lipinski definition) is 0. The number of imidazole rings is 2. The van der Waals surface area contributed by atoms with Crippen LogP contribution in [0.25, 0.3) is 22.7 Å². The number of para-hydroxylation sites is 4. The summed E-state index contributed by atoms with van der Waals surface area (Å²) in [6.45, 7) is 37.6. The average molecular weight is 884 g/mol. The van der Waals surface area contributed by atoms with Crippen LogP contribution in [0, 0.1) is 7.78 Å². The Balaban J connectivity index is 2.03. The zero-order chi connectivity index (χ0) is 43.0. The van der Waals surface area contributed by atoms with Crippen LogP contribution < -0.4 is 0 Å². The van der Waals surface area contributed by atoms with E-state index in [4.69, 9.17) is 0 Å². The molecule has 0 atom stereocenters. The molecule has 0 unspecified atom stereocenters. The normalized spacial score (nSPS) is 12.4. The van der Waals surface area contributed by atoms with E-state index >= 15 is 0 Å². The molecule has 318 valence electrons. The predicted octanol–water partition coefficient (Wildman–Crippen LogP) is 15.7. The van der Waals surface area contributed by atoms with Crippen LogP contribution in [0.1, 0.15) is 203 Å². The van der Waals surface area contributed by atoms with Crippen molar-refractivity contribution in [3.05, 3.63) is 150 Å². The topological polar surface area (TPSA) is 19.7 Å². The van der Waals surface area contributed by atoms with Gasteiger partial charge in [0.25, 0.3) is 0 Å². The summed E-state index contributed by atoms with van der Waals surface area (Å²) in [5, 5.41) is 0. The first kappa shape index (κ1) is 44.5. The molecule has 4 aromatic carbocycles. The quantitative estimate of drug-likeness (QED) is 0.109. The molecule has 6 aromatic rings. The predicted molar refractivity (Wildman–Crippen MR) is 249 cm³/mol. The Morgan fingerprint density at radius 2 is 0.424 bits per heavy atom. The van der Waals surface area contributed by atoms with Gasteiger partial charge in [0.05, 0.1) is 0 Å². The first-order chi connectivity index (χ1) is 28.0. The SMILES string of the molecule is CC(C)c1cccc(C(C)C)c1-n1ccn(-c2c(C(C)C)cccc2C(C)C)[c]1=[Pd]=[c]1n(-c2c(C(C)C)cccc2C(C)C)ccn1-c1c(C(C)C)cccc1C(C)C. The molecule has 59 heavy (non-hydrogen) atoms. The Morgan fingerprint density at radius 1 is 0.271 bits per heavy atom. The first-order valence-corrected chi connectivity index (χ1v) is 23.9. The zero-order valence-electron chi connectivity index (χ0n) is 39.0. The molecule has 0 spiro atoms. The Bertz CT molecular complexity index is 2120. The minimum atomic E-state index is -0.0271. The molecule has 5 heteroatoms. The molecule has 0 N–H and O–H groups in total. The van der Waals surface area contributed by atoms with Crippen molar-refractivity contribution in [2.45, 2.75) is 158 Å². The molecule has 0 saturated heterocycles. The first-order valence-electron chi connectivity index (χ1n) is 22.3. The summed E-state index contributed by atoms with van der Waals surface area (Å²) < 4.78 is 13.0. The number of rotatable bonds is 12. The number of hydrogen-bond acceptors (Lipinski definition) is 0. The molecule has 2 heterocycles. The summed E-state index contributed by atoms with van der Waals surface area (Å²) >= 11 is -0.0271. The van der Waals surface area contributed by atoms with Crippen molar-refractivity contribution in [2.24, 2.45) is 0 Å². The van der Waals surface area contributed by atoms with Gasteiger partial charge in [0.15, 0.2) is 0 Å². The van der Waals surface area contributed by atoms with Gasteiger partial charge in [0.1, 0.15) is 0 Å². The van der Waals surface area contributed by atoms with Gasteiger partial charge in [-0.2, -0.15) is 0 Å². The van der Waals surface area contributed by atoms with Crippen LogP contribution in [0.2, 0.25) is 0 Å². The molecule has 0 aliphatic carbocycles. The minimum absolute atomic E-state index is 0.0271. The molecule has 2 aromatic heterocycles. The molecule has 0 fully saturated rings. The van der Waals surface area contributed by atoms with E-state index in [-0.39, 0.29) is 17.1 Å². The van der Waals surface area contributed by atoms with Gasteiger partial charge in [0, 0.05) is 0 Å². The second kappa shape index (κ2) is 18.3. The van der Waals surface area contributed by atoms with Gasteiger partial charge < -0.3 is 0 Å². The third-order valence-electron chi connectivity index (χ3n) is 11.9. The van der Waals surface area contributed by atoms with E-state index in [1.807, 2.05) is 0 Å². The van der Waals surface area contributed by atoms with Crippen molar-refractivity contribution in [1.29, 1.82) is 0 Å². The van der Waals surface area contributed by atoms with Crippen LogP contribution in [0.3, 0.4) is 0 Å². The van der Waals surface area contributed by atoms with E-state index in [2.05, 4.69) is 227 Å². The van der Waals surface area contributed by atoms with Crippen molar-refractivity contribution in [2.75, 3.05) is 0 Å². The monoisotopic (exact) mass is 882 g/mol. The van der Waals surface area contributed by atoms with Gasteiger partial charge in [-0.05, 0) is 0 Å². The van der Waals surface area contributed by atoms with Gasteiger partial charge in [-0.1, -0.05) is 0 Å². The van der Waals surface area contributed by atoms with E-state index < -0.39 is 0 Å². The number of aromatic nitrogens is 4. The molecule has 0 aliphatic rings. The summed E-state index contributed by atoms with van der Waals surface area (Å²) in [5.41, 5.74) is 16.4. The molecule has 4 nitrogen and oxygen atoms in total. The van der Waals surface area contributed by atoms with Crippen LogP contribution in [-0.4, -0.2) is 18.3 Å². The third kappa shape index (κ3) is 8.63. The molecule has 6 rings (SSSR count). The fourth-order valence-corrected chi connectivity index (χ4v) is 11.0. The van der Waals surface area contributed by atoms with Crippen LogP contribution >= 0.6 is 0 Å². The Morgan fingerprint density at radius 3 is 0.559 bits per heavy atom. The van der Waals surface area contributed by atoms with Crippen molar-refractivity contribution in [3.8, 4) is 22.7 Å². The average Bonchev–Trinajstić information content (AvgIpc) is 3.80. The molecular weight excluding hydrogens is 811 g/mol. The molecule has 0 amide bonds. The second-order valence-electron chi connectivity index (χ2n) is 19.0. The Kier molecular flexibility index (Phi) is 13.8. The van der Waals surface area contributed by atoms with Gasteiger partial charge in [-0.3, -0.25) is 0 Å². The Hall–Kier alpha value is -4.04. The van der Waals surface area contributed by atoms with Crippen LogP contribution in [0.5, 0.6) is 0 Å². The molecule has 0 radical (unpaired) electrons. The van der Waals surface area contributed by atoms with Crippen molar-refractivity contribution >= 4 is 0 Å². The Labute approximate surface area is 364 Å². The zero-order valence-corrected chi connectivity index (χ0v) is 40.5. The summed E-state index contributed by atoms with van der Waals surface area (Å²) in [6.07, 6.45) is 9.51. The van der Waals surface area contributed by atoms with Crippen molar-refractivity contribution in [3.63, 3.8) is 0 Å². The fraction of sp³-hybridized carbons (Fsp3) is 0.444. The van der Waals surface area contributed by atoms with Gasteiger partial charge in [-0.15, -0.1) is 0 Å². The van der Waals surface area contributed by atoms with E-state index in [1.54, 1.807) is 0 Å².